The third-order valence-corrected chi connectivity index (χ3v) is 6.69. The van der Waals surface area contributed by atoms with Crippen LogP contribution in [0.4, 0.5) is 0 Å². The van der Waals surface area contributed by atoms with E-state index in [0.29, 0.717) is 26.0 Å². The van der Waals surface area contributed by atoms with Crippen LogP contribution in [0.2, 0.25) is 0 Å². The Hall–Kier alpha value is -3.32. The second-order valence-corrected chi connectivity index (χ2v) is 8.57. The van der Waals surface area contributed by atoms with Gasteiger partial charge in [0.05, 0.1) is 32.4 Å². The summed E-state index contributed by atoms with van der Waals surface area (Å²) in [6.45, 7) is 2.72. The van der Waals surface area contributed by atoms with Crippen molar-refractivity contribution in [3.63, 3.8) is 0 Å². The monoisotopic (exact) mass is 464 g/mol. The topological polar surface area (TPSA) is 70.0 Å². The van der Waals surface area contributed by atoms with Gasteiger partial charge in [0.2, 0.25) is 0 Å². The fourth-order valence-corrected chi connectivity index (χ4v) is 5.10. The minimum atomic E-state index is -0.456. The number of aryl methyl sites for hydroxylation is 1. The lowest BCUT2D eigenvalue weighted by Gasteiger charge is -2.41. The summed E-state index contributed by atoms with van der Waals surface area (Å²) < 4.78 is 18.1. The summed E-state index contributed by atoms with van der Waals surface area (Å²) in [6, 6.07) is 15.5. The zero-order valence-corrected chi connectivity index (χ0v) is 20.2. The molecule has 0 amide bonds. The number of nitrogens with zero attached hydrogens (tertiary/aromatic N) is 2. The maximum absolute atomic E-state index is 13.2. The number of rotatable bonds is 8. The molecule has 7 nitrogen and oxygen atoms in total. The molecule has 3 aromatic rings. The van der Waals surface area contributed by atoms with Crippen LogP contribution in [0.15, 0.2) is 48.5 Å². The molecule has 0 bridgehead atoms. The second-order valence-electron chi connectivity index (χ2n) is 8.57. The highest BCUT2D eigenvalue weighted by Crippen LogP contribution is 2.43. The van der Waals surface area contributed by atoms with E-state index in [1.807, 2.05) is 44.3 Å². The number of hydrogen-bond donors (Lipinski definition) is 0. The molecule has 0 N–H and O–H groups in total. The molecule has 2 heterocycles. The smallest absolute Gasteiger partial charge is 0.323 e. The minimum Gasteiger partial charge on any atom is -0.497 e. The van der Waals surface area contributed by atoms with E-state index in [2.05, 4.69) is 27.7 Å². The standard InChI is InChI=1S/C27H32N2O5/c1-5-34-27(31)24-16-21-20-12-11-19(32-3)15-23(20)28(2)26(21)22(13-14-25(30)33-4)29(24)17-18-9-7-6-8-10-18/h6-12,15,22,24H,5,13-14,16-17H2,1-4H3/t22-,24+/m0/s1. The molecule has 0 spiro atoms. The molecule has 0 unspecified atom stereocenters. The van der Waals surface area contributed by atoms with E-state index >= 15 is 0 Å². The average Bonchev–Trinajstić information content (AvgIpc) is 3.14. The number of aromatic nitrogens is 1. The van der Waals surface area contributed by atoms with Crippen LogP contribution in [0.25, 0.3) is 10.9 Å². The van der Waals surface area contributed by atoms with Crippen molar-refractivity contribution in [1.29, 1.82) is 0 Å². The fraction of sp³-hybridized carbons (Fsp3) is 0.407. The first-order valence-electron chi connectivity index (χ1n) is 11.7. The summed E-state index contributed by atoms with van der Waals surface area (Å²) in [7, 11) is 5.10. The number of carbonyl (C=O) groups excluding carboxylic acids is 2. The summed E-state index contributed by atoms with van der Waals surface area (Å²) in [5, 5.41) is 1.09. The summed E-state index contributed by atoms with van der Waals surface area (Å²) >= 11 is 0. The first-order valence-corrected chi connectivity index (χ1v) is 11.7. The zero-order valence-electron chi connectivity index (χ0n) is 20.2. The lowest BCUT2D eigenvalue weighted by atomic mass is 9.88. The van der Waals surface area contributed by atoms with E-state index in [0.717, 1.165) is 33.5 Å². The van der Waals surface area contributed by atoms with Crippen LogP contribution in [-0.2, 0) is 39.1 Å². The Balaban J connectivity index is 1.86. The molecule has 0 saturated heterocycles. The Labute approximate surface area is 200 Å². The summed E-state index contributed by atoms with van der Waals surface area (Å²) in [4.78, 5) is 27.5. The van der Waals surface area contributed by atoms with Gasteiger partial charge in [-0.05, 0) is 36.6 Å². The highest BCUT2D eigenvalue weighted by Gasteiger charge is 2.41. The van der Waals surface area contributed by atoms with E-state index < -0.39 is 6.04 Å². The molecule has 4 rings (SSSR count). The lowest BCUT2D eigenvalue weighted by molar-refractivity contribution is -0.151. The average molecular weight is 465 g/mol. The SMILES string of the molecule is CCOC(=O)[C@H]1Cc2c(n(C)c3cc(OC)ccc23)[C@H](CCC(=O)OC)N1Cc1ccccc1. The maximum atomic E-state index is 13.2. The zero-order chi connectivity index (χ0) is 24.2. The first kappa shape index (κ1) is 23.8. The van der Waals surface area contributed by atoms with Gasteiger partial charge in [-0.15, -0.1) is 0 Å². The third kappa shape index (κ3) is 4.53. The van der Waals surface area contributed by atoms with Gasteiger partial charge in [0.25, 0.3) is 0 Å². The van der Waals surface area contributed by atoms with Gasteiger partial charge in [-0.25, -0.2) is 0 Å². The molecule has 34 heavy (non-hydrogen) atoms. The van der Waals surface area contributed by atoms with Crippen LogP contribution in [0, 0.1) is 0 Å². The summed E-state index contributed by atoms with van der Waals surface area (Å²) in [5.74, 6) is 0.275. The van der Waals surface area contributed by atoms with E-state index in [1.54, 1.807) is 7.11 Å². The van der Waals surface area contributed by atoms with Crippen molar-refractivity contribution in [2.45, 2.75) is 44.8 Å². The van der Waals surface area contributed by atoms with Crippen molar-refractivity contribution in [2.24, 2.45) is 7.05 Å². The predicted molar refractivity (Wildman–Crippen MR) is 130 cm³/mol. The van der Waals surface area contributed by atoms with Crippen LogP contribution in [0.3, 0.4) is 0 Å². The van der Waals surface area contributed by atoms with E-state index in [1.165, 1.54) is 7.11 Å². The molecule has 180 valence electrons. The Morgan fingerprint density at radius 1 is 1.09 bits per heavy atom. The molecular weight excluding hydrogens is 432 g/mol. The van der Waals surface area contributed by atoms with Crippen LogP contribution in [0.5, 0.6) is 5.75 Å². The number of ether oxygens (including phenoxy) is 3. The van der Waals surface area contributed by atoms with Gasteiger partial charge in [-0.1, -0.05) is 30.3 Å². The molecule has 1 aliphatic heterocycles. The molecule has 0 saturated carbocycles. The quantitative estimate of drug-likeness (QED) is 0.466. The summed E-state index contributed by atoms with van der Waals surface area (Å²) in [6.07, 6.45) is 1.33. The van der Waals surface area contributed by atoms with E-state index in [-0.39, 0.29) is 24.4 Å². The largest absolute Gasteiger partial charge is 0.497 e. The summed E-state index contributed by atoms with van der Waals surface area (Å²) in [5.41, 5.74) is 4.38. The molecule has 2 atom stereocenters. The first-order chi connectivity index (χ1) is 16.5. The highest BCUT2D eigenvalue weighted by atomic mass is 16.5. The van der Waals surface area contributed by atoms with Gasteiger partial charge < -0.3 is 18.8 Å². The molecule has 1 aliphatic rings. The molecule has 2 aromatic carbocycles. The molecule has 0 radical (unpaired) electrons. The molecule has 1 aromatic heterocycles. The maximum Gasteiger partial charge on any atom is 0.323 e. The second kappa shape index (κ2) is 10.3. The van der Waals surface area contributed by atoms with Crippen LogP contribution < -0.4 is 4.74 Å². The van der Waals surface area contributed by atoms with Gasteiger partial charge in [0.1, 0.15) is 11.8 Å². The van der Waals surface area contributed by atoms with Crippen LogP contribution in [-0.4, -0.2) is 48.3 Å². The van der Waals surface area contributed by atoms with Crippen LogP contribution in [0.1, 0.15) is 42.6 Å². The highest BCUT2D eigenvalue weighted by molar-refractivity contribution is 5.89. The van der Waals surface area contributed by atoms with Gasteiger partial charge in [0.15, 0.2) is 0 Å². The number of esters is 2. The number of methoxy groups -OCH3 is 2. The van der Waals surface area contributed by atoms with Crippen molar-refractivity contribution in [3.8, 4) is 5.75 Å². The van der Waals surface area contributed by atoms with Gasteiger partial charge in [-0.2, -0.15) is 0 Å². The van der Waals surface area contributed by atoms with Crippen molar-refractivity contribution >= 4 is 22.8 Å². The normalized spacial score (nSPS) is 17.9. The van der Waals surface area contributed by atoms with Gasteiger partial charge in [0, 0.05) is 43.6 Å². The Kier molecular flexibility index (Phi) is 7.22. The van der Waals surface area contributed by atoms with Crippen molar-refractivity contribution in [2.75, 3.05) is 20.8 Å². The number of hydrogen-bond acceptors (Lipinski definition) is 6. The number of carbonyl (C=O) groups is 2. The fourth-order valence-electron chi connectivity index (χ4n) is 5.10. The van der Waals surface area contributed by atoms with Gasteiger partial charge in [-0.3, -0.25) is 14.5 Å². The third-order valence-electron chi connectivity index (χ3n) is 6.69. The molecule has 7 heteroatoms. The Morgan fingerprint density at radius 2 is 1.85 bits per heavy atom. The molecule has 0 aliphatic carbocycles. The van der Waals surface area contributed by atoms with Crippen molar-refractivity contribution in [3.05, 3.63) is 65.4 Å². The lowest BCUT2D eigenvalue weighted by Crippen LogP contribution is -2.49. The van der Waals surface area contributed by atoms with Gasteiger partial charge >= 0.3 is 11.9 Å². The predicted octanol–water partition coefficient (Wildman–Crippen LogP) is 4.17. The minimum absolute atomic E-state index is 0.166. The van der Waals surface area contributed by atoms with Crippen LogP contribution >= 0.6 is 0 Å². The number of benzene rings is 2. The van der Waals surface area contributed by atoms with E-state index in [4.69, 9.17) is 14.2 Å². The Bertz CT molecular complexity index is 1170. The van der Waals surface area contributed by atoms with E-state index in [9.17, 15) is 9.59 Å². The van der Waals surface area contributed by atoms with Crippen molar-refractivity contribution in [1.82, 2.24) is 9.47 Å². The Morgan fingerprint density at radius 3 is 2.53 bits per heavy atom. The molecule has 0 fully saturated rings. The number of fused-ring (bicyclic) bond motifs is 3. The molecular formula is C27H32N2O5. The van der Waals surface area contributed by atoms with Crippen molar-refractivity contribution < 1.29 is 23.8 Å².